The van der Waals surface area contributed by atoms with Gasteiger partial charge in [0.1, 0.15) is 0 Å². The summed E-state index contributed by atoms with van der Waals surface area (Å²) < 4.78 is 33.6. The quantitative estimate of drug-likeness (QED) is 0.549. The average molecular weight is 314 g/mol. The van der Waals surface area contributed by atoms with E-state index in [0.717, 1.165) is 12.1 Å². The van der Waals surface area contributed by atoms with Gasteiger partial charge in [-0.25, -0.2) is 17.9 Å². The maximum atomic E-state index is 13.2. The first-order valence-corrected chi connectivity index (χ1v) is 5.40. The van der Waals surface area contributed by atoms with Crippen molar-refractivity contribution < 1.29 is 8.78 Å². The summed E-state index contributed by atoms with van der Waals surface area (Å²) in [4.78, 5) is 0. The summed E-state index contributed by atoms with van der Waals surface area (Å²) in [6.45, 7) is 1.54. The lowest BCUT2D eigenvalue weighted by molar-refractivity contribution is 0.531. The number of hydrogen-bond donors (Lipinski definition) is 1. The number of halogens is 3. The number of allylic oxidation sites excluding steroid dienone is 2. The van der Waals surface area contributed by atoms with Crippen LogP contribution >= 0.6 is 34.7 Å². The molecule has 1 aliphatic carbocycles. The van der Waals surface area contributed by atoms with Gasteiger partial charge in [0.25, 0.3) is 0 Å². The average Bonchev–Trinajstić information content (AvgIpc) is 2.59. The standard InChI is InChI=1S/C7H5F2IN2S/c1-2-3(8)4(9)5(10)7-6(2)11-13-12-7/h7,12H,1H3. The summed E-state index contributed by atoms with van der Waals surface area (Å²) >= 11 is 2.92. The van der Waals surface area contributed by atoms with Crippen LogP contribution in [0.25, 0.3) is 0 Å². The van der Waals surface area contributed by atoms with E-state index in [9.17, 15) is 8.78 Å². The molecule has 1 unspecified atom stereocenters. The van der Waals surface area contributed by atoms with Crippen LogP contribution in [0, 0.1) is 0 Å². The van der Waals surface area contributed by atoms with Gasteiger partial charge in [0.15, 0.2) is 11.7 Å². The van der Waals surface area contributed by atoms with Crippen LogP contribution in [0.3, 0.4) is 0 Å². The molecule has 0 saturated heterocycles. The molecular weight excluding hydrogens is 309 g/mol. The highest BCUT2D eigenvalue weighted by Gasteiger charge is 2.35. The predicted molar refractivity (Wildman–Crippen MR) is 57.9 cm³/mol. The Labute approximate surface area is 92.0 Å². The molecule has 0 amide bonds. The molecule has 0 aromatic heterocycles. The van der Waals surface area contributed by atoms with Gasteiger partial charge < -0.3 is 0 Å². The molecule has 2 nitrogen and oxygen atoms in total. The summed E-state index contributed by atoms with van der Waals surface area (Å²) in [5, 5.41) is 0. The number of nitrogens with one attached hydrogen (secondary N) is 1. The molecule has 1 atom stereocenters. The van der Waals surface area contributed by atoms with E-state index in [-0.39, 0.29) is 6.04 Å². The van der Waals surface area contributed by atoms with Crippen molar-refractivity contribution in [3.63, 3.8) is 0 Å². The third kappa shape index (κ3) is 1.35. The molecule has 6 heteroatoms. The molecule has 0 spiro atoms. The monoisotopic (exact) mass is 314 g/mol. The summed E-state index contributed by atoms with van der Waals surface area (Å²) in [6, 6.07) is -0.273. The number of rotatable bonds is 0. The van der Waals surface area contributed by atoms with E-state index in [1.54, 1.807) is 22.6 Å². The number of hydrogen-bond acceptors (Lipinski definition) is 3. The van der Waals surface area contributed by atoms with Gasteiger partial charge in [0, 0.05) is 5.57 Å². The maximum Gasteiger partial charge on any atom is 0.170 e. The minimum Gasteiger partial charge on any atom is -0.230 e. The second-order valence-corrected chi connectivity index (χ2v) is 4.48. The zero-order valence-corrected chi connectivity index (χ0v) is 9.54. The Balaban J connectivity index is 2.57. The van der Waals surface area contributed by atoms with Gasteiger partial charge in [-0.15, -0.1) is 0 Å². The first-order chi connectivity index (χ1) is 6.13. The first-order valence-electron chi connectivity index (χ1n) is 3.54. The Hall–Kier alpha value is 0.0500. The van der Waals surface area contributed by atoms with Crippen LogP contribution in [0.15, 0.2) is 25.2 Å². The highest BCUT2D eigenvalue weighted by Crippen LogP contribution is 2.37. The SMILES string of the molecule is CC1=C(F)C(F)=C(I)C2NSN=C12. The highest BCUT2D eigenvalue weighted by molar-refractivity contribution is 14.1. The molecule has 0 aromatic rings. The van der Waals surface area contributed by atoms with Crippen molar-refractivity contribution in [3.05, 3.63) is 20.8 Å². The van der Waals surface area contributed by atoms with Crippen molar-refractivity contribution in [1.29, 1.82) is 0 Å². The van der Waals surface area contributed by atoms with E-state index in [1.165, 1.54) is 6.92 Å². The molecule has 0 aromatic carbocycles. The second-order valence-electron chi connectivity index (χ2n) is 2.72. The molecular formula is C7H5F2IN2S. The molecule has 2 rings (SSSR count). The minimum atomic E-state index is -0.788. The van der Waals surface area contributed by atoms with E-state index >= 15 is 0 Å². The van der Waals surface area contributed by atoms with Gasteiger partial charge in [-0.1, -0.05) is 0 Å². The highest BCUT2D eigenvalue weighted by atomic mass is 127. The molecule has 2 aliphatic rings. The van der Waals surface area contributed by atoms with Gasteiger partial charge in [0.2, 0.25) is 0 Å². The molecule has 70 valence electrons. The maximum absolute atomic E-state index is 13.2. The van der Waals surface area contributed by atoms with Crippen molar-refractivity contribution in [1.82, 2.24) is 4.72 Å². The molecule has 0 fully saturated rings. The Morgan fingerprint density at radius 1 is 1.46 bits per heavy atom. The third-order valence-corrected chi connectivity index (χ3v) is 3.68. The molecule has 1 heterocycles. The predicted octanol–water partition coefficient (Wildman–Crippen LogP) is 2.84. The van der Waals surface area contributed by atoms with E-state index in [2.05, 4.69) is 9.12 Å². The Morgan fingerprint density at radius 2 is 2.15 bits per heavy atom. The largest absolute Gasteiger partial charge is 0.230 e. The lowest BCUT2D eigenvalue weighted by Crippen LogP contribution is -2.31. The summed E-state index contributed by atoms with van der Waals surface area (Å²) in [7, 11) is 0. The Bertz CT molecular complexity index is 362. The van der Waals surface area contributed by atoms with E-state index < -0.39 is 11.7 Å². The Morgan fingerprint density at radius 3 is 2.85 bits per heavy atom. The molecule has 13 heavy (non-hydrogen) atoms. The van der Waals surface area contributed by atoms with Crippen LogP contribution in [-0.2, 0) is 0 Å². The fourth-order valence-electron chi connectivity index (χ4n) is 1.20. The topological polar surface area (TPSA) is 24.4 Å². The minimum absolute atomic E-state index is 0.273. The van der Waals surface area contributed by atoms with E-state index in [1.807, 2.05) is 0 Å². The normalized spacial score (nSPS) is 28.0. The lowest BCUT2D eigenvalue weighted by atomic mass is 9.99. The van der Waals surface area contributed by atoms with Gasteiger partial charge in [0.05, 0.1) is 27.5 Å². The molecule has 1 aliphatic heterocycles. The van der Waals surface area contributed by atoms with Gasteiger partial charge in [-0.3, -0.25) is 0 Å². The van der Waals surface area contributed by atoms with Crippen molar-refractivity contribution in [3.8, 4) is 0 Å². The van der Waals surface area contributed by atoms with Crippen molar-refractivity contribution in [2.24, 2.45) is 4.40 Å². The van der Waals surface area contributed by atoms with Crippen LogP contribution in [0.2, 0.25) is 0 Å². The second kappa shape index (κ2) is 3.32. The lowest BCUT2D eigenvalue weighted by Gasteiger charge is -2.18. The zero-order chi connectivity index (χ0) is 9.59. The first kappa shape index (κ1) is 9.60. The third-order valence-electron chi connectivity index (χ3n) is 1.96. The molecule has 0 saturated carbocycles. The number of nitrogens with zero attached hydrogens (tertiary/aromatic N) is 1. The fraction of sp³-hybridized carbons (Fsp3) is 0.286. The summed E-state index contributed by atoms with van der Waals surface area (Å²) in [6.07, 6.45) is 0. The fourth-order valence-corrected chi connectivity index (χ4v) is 2.83. The van der Waals surface area contributed by atoms with E-state index in [4.69, 9.17) is 0 Å². The molecule has 1 N–H and O–H groups in total. The van der Waals surface area contributed by atoms with Crippen molar-refractivity contribution in [2.75, 3.05) is 0 Å². The van der Waals surface area contributed by atoms with E-state index in [0.29, 0.717) is 14.9 Å². The van der Waals surface area contributed by atoms with Crippen LogP contribution < -0.4 is 4.72 Å². The van der Waals surface area contributed by atoms with Crippen molar-refractivity contribution in [2.45, 2.75) is 13.0 Å². The van der Waals surface area contributed by atoms with Gasteiger partial charge in [-0.2, -0.15) is 0 Å². The molecule has 0 bridgehead atoms. The number of fused-ring (bicyclic) bond motifs is 1. The van der Waals surface area contributed by atoms with Gasteiger partial charge >= 0.3 is 0 Å². The van der Waals surface area contributed by atoms with Crippen LogP contribution in [0.5, 0.6) is 0 Å². The van der Waals surface area contributed by atoms with Crippen LogP contribution in [0.4, 0.5) is 8.78 Å². The van der Waals surface area contributed by atoms with Crippen LogP contribution in [-0.4, -0.2) is 11.8 Å². The van der Waals surface area contributed by atoms with Gasteiger partial charge in [-0.05, 0) is 29.5 Å². The summed E-state index contributed by atoms with van der Waals surface area (Å²) in [5.41, 5.74) is 0.883. The van der Waals surface area contributed by atoms with Crippen molar-refractivity contribution >= 4 is 40.4 Å². The smallest absolute Gasteiger partial charge is 0.170 e. The van der Waals surface area contributed by atoms with Crippen LogP contribution in [0.1, 0.15) is 6.92 Å². The molecule has 0 radical (unpaired) electrons. The Kier molecular flexibility index (Phi) is 2.45. The zero-order valence-electron chi connectivity index (χ0n) is 6.57. The summed E-state index contributed by atoms with van der Waals surface area (Å²) in [5.74, 6) is -1.55.